The minimum Gasteiger partial charge on any atom is -0.465 e. The fraction of sp³-hybridized carbons (Fsp3) is 0.938. The summed E-state index contributed by atoms with van der Waals surface area (Å²) < 4.78 is 11.6. The van der Waals surface area contributed by atoms with Crippen LogP contribution in [0, 0.1) is 0 Å². The van der Waals surface area contributed by atoms with Crippen LogP contribution in [0.1, 0.15) is 66.7 Å². The summed E-state index contributed by atoms with van der Waals surface area (Å²) in [5.41, 5.74) is -1.62. The van der Waals surface area contributed by atoms with Crippen molar-refractivity contribution in [3.8, 4) is 0 Å². The lowest BCUT2D eigenvalue weighted by Gasteiger charge is -2.40. The summed E-state index contributed by atoms with van der Waals surface area (Å²) in [6, 6.07) is 0.399. The fourth-order valence-electron chi connectivity index (χ4n) is 3.94. The second-order valence-electron chi connectivity index (χ2n) is 7.30. The Morgan fingerprint density at radius 1 is 1.25 bits per heavy atom. The van der Waals surface area contributed by atoms with Crippen LogP contribution in [0.15, 0.2) is 0 Å². The average molecular weight is 283 g/mol. The van der Waals surface area contributed by atoms with E-state index < -0.39 is 11.1 Å². The Kier molecular flexibility index (Phi) is 4.18. The monoisotopic (exact) mass is 283 g/mol. The van der Waals surface area contributed by atoms with Gasteiger partial charge in [0, 0.05) is 12.5 Å². The highest BCUT2D eigenvalue weighted by molar-refractivity contribution is 5.83. The molecular formula is C16H29NO3. The normalized spacial score (nSPS) is 32.5. The first-order valence-corrected chi connectivity index (χ1v) is 7.87. The molecule has 0 radical (unpaired) electrons. The molecule has 2 rings (SSSR count). The van der Waals surface area contributed by atoms with E-state index in [0.717, 1.165) is 12.8 Å². The number of carbonyl (C=O) groups is 1. The maximum Gasteiger partial charge on any atom is 0.329 e. The first-order chi connectivity index (χ1) is 9.22. The van der Waals surface area contributed by atoms with E-state index in [2.05, 4.69) is 5.32 Å². The summed E-state index contributed by atoms with van der Waals surface area (Å²) >= 11 is 0. The van der Waals surface area contributed by atoms with Crippen molar-refractivity contribution >= 4 is 5.97 Å². The molecule has 0 aromatic heterocycles. The molecule has 1 aliphatic heterocycles. The molecule has 2 aliphatic rings. The summed E-state index contributed by atoms with van der Waals surface area (Å²) in [5.74, 6) is -0.164. The molecule has 1 heterocycles. The van der Waals surface area contributed by atoms with E-state index in [1.165, 1.54) is 12.8 Å². The fourth-order valence-corrected chi connectivity index (χ4v) is 3.94. The molecule has 1 saturated heterocycles. The van der Waals surface area contributed by atoms with Crippen LogP contribution < -0.4 is 5.32 Å². The third-order valence-electron chi connectivity index (χ3n) is 4.68. The van der Waals surface area contributed by atoms with E-state index in [1.54, 1.807) is 0 Å². The molecule has 1 saturated carbocycles. The van der Waals surface area contributed by atoms with Crippen molar-refractivity contribution in [3.63, 3.8) is 0 Å². The Labute approximate surface area is 122 Å². The van der Waals surface area contributed by atoms with Crippen LogP contribution in [0.3, 0.4) is 0 Å². The minimum absolute atomic E-state index is 0.164. The van der Waals surface area contributed by atoms with Crippen LogP contribution in [-0.2, 0) is 14.3 Å². The SMILES string of the molecule is CCOC(=O)C1(NC2CCCC2)CC(C)(C)OC1(C)C. The molecule has 0 spiro atoms. The first-order valence-electron chi connectivity index (χ1n) is 7.87. The van der Waals surface area contributed by atoms with Crippen LogP contribution >= 0.6 is 0 Å². The number of ether oxygens (including phenoxy) is 2. The standard InChI is InChI=1S/C16H29NO3/c1-6-19-13(18)16(17-12-9-7-8-10-12)11-14(2,3)20-15(16,4)5/h12,17H,6-11H2,1-5H3. The zero-order valence-electron chi connectivity index (χ0n) is 13.5. The lowest BCUT2D eigenvalue weighted by atomic mass is 9.78. The molecular weight excluding hydrogens is 254 g/mol. The van der Waals surface area contributed by atoms with Gasteiger partial charge in [-0.25, -0.2) is 4.79 Å². The molecule has 0 aromatic carbocycles. The van der Waals surface area contributed by atoms with E-state index in [9.17, 15) is 4.79 Å². The van der Waals surface area contributed by atoms with Gasteiger partial charge in [0.25, 0.3) is 0 Å². The highest BCUT2D eigenvalue weighted by Crippen LogP contribution is 2.46. The van der Waals surface area contributed by atoms with Crippen molar-refractivity contribution in [1.29, 1.82) is 0 Å². The highest BCUT2D eigenvalue weighted by Gasteiger charge is 2.63. The van der Waals surface area contributed by atoms with Gasteiger partial charge in [0.15, 0.2) is 0 Å². The summed E-state index contributed by atoms with van der Waals surface area (Å²) in [6.07, 6.45) is 5.40. The number of hydrogen-bond donors (Lipinski definition) is 1. The Morgan fingerprint density at radius 2 is 1.85 bits per heavy atom. The maximum atomic E-state index is 12.7. The van der Waals surface area contributed by atoms with Crippen molar-refractivity contribution in [3.05, 3.63) is 0 Å². The van der Waals surface area contributed by atoms with Crippen molar-refractivity contribution < 1.29 is 14.3 Å². The Hall–Kier alpha value is -0.610. The van der Waals surface area contributed by atoms with Gasteiger partial charge in [-0.05, 0) is 47.5 Å². The quantitative estimate of drug-likeness (QED) is 0.806. The molecule has 4 nitrogen and oxygen atoms in total. The molecule has 4 heteroatoms. The Balaban J connectivity index is 2.30. The van der Waals surface area contributed by atoms with Gasteiger partial charge in [0.05, 0.1) is 17.8 Å². The predicted octanol–water partition coefficient (Wildman–Crippen LogP) is 2.80. The van der Waals surface area contributed by atoms with Gasteiger partial charge in [-0.15, -0.1) is 0 Å². The molecule has 116 valence electrons. The molecule has 0 amide bonds. The molecule has 0 bridgehead atoms. The maximum absolute atomic E-state index is 12.7. The molecule has 1 aliphatic carbocycles. The highest BCUT2D eigenvalue weighted by atomic mass is 16.6. The number of nitrogens with one attached hydrogen (secondary N) is 1. The number of rotatable bonds is 4. The van der Waals surface area contributed by atoms with E-state index >= 15 is 0 Å². The van der Waals surface area contributed by atoms with Crippen LogP contribution in [-0.4, -0.2) is 35.4 Å². The van der Waals surface area contributed by atoms with Gasteiger partial charge >= 0.3 is 5.97 Å². The van der Waals surface area contributed by atoms with Gasteiger partial charge in [-0.2, -0.15) is 0 Å². The van der Waals surface area contributed by atoms with Crippen LogP contribution in [0.4, 0.5) is 0 Å². The van der Waals surface area contributed by atoms with Crippen molar-refractivity contribution in [2.75, 3.05) is 6.61 Å². The first kappa shape index (κ1) is 15.8. The lowest BCUT2D eigenvalue weighted by Crippen LogP contribution is -2.65. The zero-order chi connectivity index (χ0) is 15.0. The molecule has 1 atom stereocenters. The smallest absolute Gasteiger partial charge is 0.329 e. The molecule has 2 fully saturated rings. The zero-order valence-corrected chi connectivity index (χ0v) is 13.5. The van der Waals surface area contributed by atoms with Crippen LogP contribution in [0.5, 0.6) is 0 Å². The second-order valence-corrected chi connectivity index (χ2v) is 7.30. The van der Waals surface area contributed by atoms with E-state index in [4.69, 9.17) is 9.47 Å². The summed E-state index contributed by atoms with van der Waals surface area (Å²) in [4.78, 5) is 12.7. The van der Waals surface area contributed by atoms with E-state index in [1.807, 2.05) is 34.6 Å². The number of carbonyl (C=O) groups excluding carboxylic acids is 1. The molecule has 20 heavy (non-hydrogen) atoms. The Morgan fingerprint density at radius 3 is 2.30 bits per heavy atom. The second kappa shape index (κ2) is 5.30. The van der Waals surface area contributed by atoms with Gasteiger partial charge in [-0.1, -0.05) is 12.8 Å². The average Bonchev–Trinajstić information content (AvgIpc) is 2.84. The van der Waals surface area contributed by atoms with Crippen molar-refractivity contribution in [2.24, 2.45) is 0 Å². The number of hydrogen-bond acceptors (Lipinski definition) is 4. The van der Waals surface area contributed by atoms with E-state index in [-0.39, 0.29) is 11.6 Å². The predicted molar refractivity (Wildman–Crippen MR) is 78.6 cm³/mol. The minimum atomic E-state index is -0.735. The van der Waals surface area contributed by atoms with Gasteiger partial charge in [0.2, 0.25) is 0 Å². The summed E-state index contributed by atoms with van der Waals surface area (Å²) in [7, 11) is 0. The van der Waals surface area contributed by atoms with Crippen molar-refractivity contribution in [2.45, 2.75) is 89.5 Å². The van der Waals surface area contributed by atoms with Crippen LogP contribution in [0.2, 0.25) is 0 Å². The Bertz CT molecular complexity index is 372. The molecule has 1 unspecified atom stereocenters. The van der Waals surface area contributed by atoms with Crippen molar-refractivity contribution in [1.82, 2.24) is 5.32 Å². The summed E-state index contributed by atoms with van der Waals surface area (Å²) in [6.45, 7) is 10.4. The largest absolute Gasteiger partial charge is 0.465 e. The molecule has 0 aromatic rings. The third-order valence-corrected chi connectivity index (χ3v) is 4.68. The van der Waals surface area contributed by atoms with Gasteiger partial charge in [-0.3, -0.25) is 5.32 Å². The third kappa shape index (κ3) is 2.73. The van der Waals surface area contributed by atoms with E-state index in [0.29, 0.717) is 19.1 Å². The van der Waals surface area contributed by atoms with Crippen LogP contribution in [0.25, 0.3) is 0 Å². The number of esters is 1. The topological polar surface area (TPSA) is 47.6 Å². The molecule has 1 N–H and O–H groups in total. The van der Waals surface area contributed by atoms with Gasteiger partial charge < -0.3 is 9.47 Å². The van der Waals surface area contributed by atoms with Gasteiger partial charge in [0.1, 0.15) is 5.54 Å². The summed E-state index contributed by atoms with van der Waals surface area (Å²) in [5, 5.41) is 3.62. The lowest BCUT2D eigenvalue weighted by molar-refractivity contribution is -0.160.